The minimum absolute atomic E-state index is 0.337. The van der Waals surface area contributed by atoms with Crippen LogP contribution in [0.2, 0.25) is 0 Å². The highest BCUT2D eigenvalue weighted by molar-refractivity contribution is 7.99. The van der Waals surface area contributed by atoms with E-state index in [2.05, 4.69) is 15.2 Å². The lowest BCUT2D eigenvalue weighted by molar-refractivity contribution is 0.447. The zero-order valence-corrected chi connectivity index (χ0v) is 14.8. The van der Waals surface area contributed by atoms with Crippen LogP contribution in [0.3, 0.4) is 0 Å². The van der Waals surface area contributed by atoms with Crippen LogP contribution in [-0.4, -0.2) is 20.2 Å². The number of hydrogen-bond donors (Lipinski definition) is 0. The lowest BCUT2D eigenvalue weighted by atomic mass is 10.2. The summed E-state index contributed by atoms with van der Waals surface area (Å²) in [4.78, 5) is 9.43. The predicted octanol–water partition coefficient (Wildman–Crippen LogP) is 5.09. The average Bonchev–Trinajstić information content (AvgIpc) is 3.40. The van der Waals surface area contributed by atoms with Crippen molar-refractivity contribution in [1.29, 1.82) is 0 Å². The van der Waals surface area contributed by atoms with E-state index in [9.17, 15) is 0 Å². The molecule has 3 heterocycles. The van der Waals surface area contributed by atoms with Gasteiger partial charge in [0.2, 0.25) is 0 Å². The molecule has 2 aromatic carbocycles. The van der Waals surface area contributed by atoms with Crippen LogP contribution in [-0.2, 0) is 0 Å². The van der Waals surface area contributed by atoms with E-state index in [1.165, 1.54) is 11.8 Å². The zero-order valence-electron chi connectivity index (χ0n) is 13.9. The third kappa shape index (κ3) is 3.09. The molecule has 0 aliphatic rings. The molecule has 0 saturated carbocycles. The molecule has 0 saturated heterocycles. The Labute approximate surface area is 158 Å². The fraction of sp³-hybridized carbons (Fsp3) is 0. The third-order valence-corrected chi connectivity index (χ3v) is 4.77. The smallest absolute Gasteiger partial charge is 0.284 e. The van der Waals surface area contributed by atoms with Crippen molar-refractivity contribution in [3.05, 3.63) is 73.0 Å². The lowest BCUT2D eigenvalue weighted by Crippen LogP contribution is -1.93. The summed E-state index contributed by atoms with van der Waals surface area (Å²) >= 11 is 1.31. The van der Waals surface area contributed by atoms with Crippen molar-refractivity contribution >= 4 is 22.7 Å². The second kappa shape index (κ2) is 6.69. The molecule has 0 N–H and O–H groups in total. The minimum atomic E-state index is 0.337. The van der Waals surface area contributed by atoms with Gasteiger partial charge in [0.1, 0.15) is 5.03 Å². The standard InChI is InChI=1S/C20H12N4O2S/c1-2-7-13(8-3-1)17-21-15-10-5-4-9-14(15)19(22-17)27-20-24-23-18(26-20)16-11-6-12-25-16/h1-12H. The quantitative estimate of drug-likeness (QED) is 0.407. The van der Waals surface area contributed by atoms with Crippen LogP contribution in [0.5, 0.6) is 0 Å². The highest BCUT2D eigenvalue weighted by Crippen LogP contribution is 2.33. The van der Waals surface area contributed by atoms with Crippen molar-refractivity contribution in [3.63, 3.8) is 0 Å². The number of aromatic nitrogens is 4. The molecule has 5 rings (SSSR count). The predicted molar refractivity (Wildman–Crippen MR) is 101 cm³/mol. The van der Waals surface area contributed by atoms with Crippen LogP contribution in [0, 0.1) is 0 Å². The molecule has 3 aromatic heterocycles. The molecule has 27 heavy (non-hydrogen) atoms. The largest absolute Gasteiger partial charge is 0.459 e. The van der Waals surface area contributed by atoms with Crippen LogP contribution < -0.4 is 0 Å². The summed E-state index contributed by atoms with van der Waals surface area (Å²) in [6, 6.07) is 21.3. The third-order valence-electron chi connectivity index (χ3n) is 3.92. The van der Waals surface area contributed by atoms with Gasteiger partial charge in [-0.3, -0.25) is 0 Å². The first kappa shape index (κ1) is 15.8. The van der Waals surface area contributed by atoms with E-state index in [4.69, 9.17) is 13.8 Å². The van der Waals surface area contributed by atoms with Crippen molar-refractivity contribution in [1.82, 2.24) is 20.2 Å². The first-order valence-electron chi connectivity index (χ1n) is 8.24. The minimum Gasteiger partial charge on any atom is -0.459 e. The molecular formula is C20H12N4O2S. The highest BCUT2D eigenvalue weighted by Gasteiger charge is 2.16. The van der Waals surface area contributed by atoms with Gasteiger partial charge in [0.15, 0.2) is 11.6 Å². The molecule has 0 spiro atoms. The van der Waals surface area contributed by atoms with E-state index >= 15 is 0 Å². The van der Waals surface area contributed by atoms with E-state index < -0.39 is 0 Å². The van der Waals surface area contributed by atoms with Gasteiger partial charge in [-0.2, -0.15) is 0 Å². The maximum Gasteiger partial charge on any atom is 0.284 e. The summed E-state index contributed by atoms with van der Waals surface area (Å²) in [6.45, 7) is 0. The summed E-state index contributed by atoms with van der Waals surface area (Å²) in [5.41, 5.74) is 1.81. The first-order chi connectivity index (χ1) is 13.4. The van der Waals surface area contributed by atoms with E-state index in [1.54, 1.807) is 18.4 Å². The molecule has 0 bridgehead atoms. The molecule has 0 radical (unpaired) electrons. The van der Waals surface area contributed by atoms with E-state index in [-0.39, 0.29) is 0 Å². The molecule has 6 nitrogen and oxygen atoms in total. The summed E-state index contributed by atoms with van der Waals surface area (Å²) in [7, 11) is 0. The van der Waals surface area contributed by atoms with Crippen molar-refractivity contribution in [2.75, 3.05) is 0 Å². The number of fused-ring (bicyclic) bond motifs is 1. The molecule has 0 aliphatic carbocycles. The fourth-order valence-corrected chi connectivity index (χ4v) is 3.46. The summed E-state index contributed by atoms with van der Waals surface area (Å²) in [5, 5.41) is 10.2. The molecule has 0 aliphatic heterocycles. The maximum atomic E-state index is 5.71. The average molecular weight is 372 g/mol. The Hall–Kier alpha value is -3.45. The Balaban J connectivity index is 1.58. The van der Waals surface area contributed by atoms with Crippen LogP contribution >= 0.6 is 11.8 Å². The van der Waals surface area contributed by atoms with Crippen molar-refractivity contribution in [2.24, 2.45) is 0 Å². The highest BCUT2D eigenvalue weighted by atomic mass is 32.2. The molecule has 0 amide bonds. The number of rotatable bonds is 4. The number of furan rings is 1. The molecule has 0 fully saturated rings. The Morgan fingerprint density at radius 3 is 2.48 bits per heavy atom. The van der Waals surface area contributed by atoms with Gasteiger partial charge in [0, 0.05) is 10.9 Å². The number of hydrogen-bond acceptors (Lipinski definition) is 7. The van der Waals surface area contributed by atoms with Crippen molar-refractivity contribution in [3.8, 4) is 23.0 Å². The lowest BCUT2D eigenvalue weighted by Gasteiger charge is -2.06. The van der Waals surface area contributed by atoms with Gasteiger partial charge in [-0.25, -0.2) is 9.97 Å². The van der Waals surface area contributed by atoms with Crippen molar-refractivity contribution in [2.45, 2.75) is 10.2 Å². The topological polar surface area (TPSA) is 77.8 Å². The number of para-hydroxylation sites is 1. The van der Waals surface area contributed by atoms with Gasteiger partial charge in [0.25, 0.3) is 11.1 Å². The molecule has 130 valence electrons. The Bertz CT molecular complexity index is 1200. The number of nitrogens with zero attached hydrogens (tertiary/aromatic N) is 4. The molecular weight excluding hydrogens is 360 g/mol. The SMILES string of the molecule is c1ccc(-c2nc(Sc3nnc(-c4ccco4)o3)c3ccccc3n2)cc1. The van der Waals surface area contributed by atoms with Crippen LogP contribution in [0.15, 0.2) is 92.1 Å². The van der Waals surface area contributed by atoms with E-state index in [1.807, 2.05) is 54.6 Å². The second-order valence-electron chi connectivity index (χ2n) is 5.69. The van der Waals surface area contributed by atoms with Gasteiger partial charge in [0.05, 0.1) is 11.8 Å². The van der Waals surface area contributed by atoms with Gasteiger partial charge >= 0.3 is 0 Å². The summed E-state index contributed by atoms with van der Waals surface area (Å²) in [5.74, 6) is 1.53. The summed E-state index contributed by atoms with van der Waals surface area (Å²) in [6.07, 6.45) is 1.57. The van der Waals surface area contributed by atoms with E-state index in [0.717, 1.165) is 21.5 Å². The monoisotopic (exact) mass is 372 g/mol. The van der Waals surface area contributed by atoms with Gasteiger partial charge < -0.3 is 8.83 Å². The van der Waals surface area contributed by atoms with Gasteiger partial charge in [-0.05, 0) is 30.0 Å². The number of benzene rings is 2. The zero-order chi connectivity index (χ0) is 18.1. The van der Waals surface area contributed by atoms with Crippen LogP contribution in [0.1, 0.15) is 0 Å². The van der Waals surface area contributed by atoms with Crippen LogP contribution in [0.25, 0.3) is 33.9 Å². The fourth-order valence-electron chi connectivity index (χ4n) is 2.68. The Morgan fingerprint density at radius 1 is 0.778 bits per heavy atom. The second-order valence-corrected chi connectivity index (χ2v) is 6.63. The molecule has 0 unspecified atom stereocenters. The summed E-state index contributed by atoms with van der Waals surface area (Å²) < 4.78 is 11.0. The van der Waals surface area contributed by atoms with Crippen molar-refractivity contribution < 1.29 is 8.83 Å². The van der Waals surface area contributed by atoms with Gasteiger partial charge in [-0.15, -0.1) is 10.2 Å². The molecule has 7 heteroatoms. The maximum absolute atomic E-state index is 5.71. The van der Waals surface area contributed by atoms with Crippen LogP contribution in [0.4, 0.5) is 0 Å². The molecule has 0 atom stereocenters. The van der Waals surface area contributed by atoms with Gasteiger partial charge in [-0.1, -0.05) is 48.5 Å². The molecule has 5 aromatic rings. The normalized spacial score (nSPS) is 11.1. The van der Waals surface area contributed by atoms with E-state index in [0.29, 0.717) is 22.7 Å². The first-order valence-corrected chi connectivity index (χ1v) is 9.06. The Morgan fingerprint density at radius 2 is 1.63 bits per heavy atom. The Kier molecular flexibility index (Phi) is 3.91.